The molecular weight excluding hydrogens is 1850 g/mol. The van der Waals surface area contributed by atoms with Gasteiger partial charge in [-0.15, -0.1) is 0 Å². The second-order valence-electron chi connectivity index (χ2n) is 34.8. The molecule has 15 aliphatic heterocycles. The predicted octanol–water partition coefficient (Wildman–Crippen LogP) is 11.1. The molecule has 15 aliphatic rings. The number of nitrogens with zero attached hydrogens (tertiary/aromatic N) is 10. The Balaban J connectivity index is 0.000000111. The molecule has 145 heavy (non-hydrogen) atoms. The molecule has 730 valence electrons. The van der Waals surface area contributed by atoms with Crippen molar-refractivity contribution in [2.75, 3.05) is 102 Å². The number of aromatic amines is 5. The fourth-order valence-electron chi connectivity index (χ4n) is 19.8. The Morgan fingerprint density at radius 2 is 0.621 bits per heavy atom. The number of aromatic nitrogens is 5. The SMILES string of the molecule is [2H]C1([2H])Oc2ccc([C@]3([2H])c4[nH]c5ccccc5c4C([2H])([2H])[C@@H]4C(=O)N(C)CC(=O)N43)cc2O1.[2H]C1([2H])c2c([nH]c3ccccc23)[C@@]([2H])(c2ccc3c(c2)OCO3)N2C(=O)CN(C)C(=O)[C@H]21.[2H]c1c([2H])c([2H])c2c3c([nH]c2c1[2H])[C@@]([2H])(c1ccc2c(c1)OC([2H])([2H])O2)N1C(=O)CN(C)C(=O)[C@H]1C3([2H])[2H].[2H]c1c([2H])c([2H])c2c3c([nH]c2c1[2H])[C@@]([2H])(c1ccc2c(c1)OCO2)N1C(=O)CN(C)C(=O)[C@H]1C3([2H])[2H].[2H]c1c([2H])c([C@]2([2H])c3[nH]c4c([2H])c([2H])c([2H])c([2H])c4c3C[C@]3([2H])C(=O)N(C([2H])([2H])[2H])C([2H])([2H])C(=O)N23)c([2H])c2c1OC([2H])([2H])O2. The van der Waals surface area contributed by atoms with Gasteiger partial charge in [-0.25, -0.2) is 0 Å². The van der Waals surface area contributed by atoms with Crippen LogP contribution >= 0.6 is 0 Å². The lowest BCUT2D eigenvalue weighted by Crippen LogP contribution is -2.62. The minimum atomic E-state index is -3.74. The molecule has 0 unspecified atom stereocenters. The van der Waals surface area contributed by atoms with Gasteiger partial charge in [0, 0.05) is 165 Å². The van der Waals surface area contributed by atoms with E-state index in [0.29, 0.717) is 50.4 Å². The number of fused-ring (bicyclic) bond motifs is 25. The number of benzene rings is 10. The van der Waals surface area contributed by atoms with Crippen molar-refractivity contribution in [3.8, 4) is 57.5 Å². The van der Waals surface area contributed by atoms with Gasteiger partial charge in [0.15, 0.2) is 57.5 Å². The number of carbonyl (C=O) groups is 10. The number of ether oxygens (including phenoxy) is 10. The maximum atomic E-state index is 14.0. The number of nitrogens with one attached hydrogen (secondary N) is 5. The topological polar surface area (TPSA) is 374 Å². The number of hydrogen-bond acceptors (Lipinski definition) is 20. The Labute approximate surface area is 882 Å². The van der Waals surface area contributed by atoms with Crippen LogP contribution < -0.4 is 47.4 Å². The molecule has 0 bridgehead atoms. The monoisotopic (exact) mass is 1990 g/mol. The van der Waals surface area contributed by atoms with E-state index in [-0.39, 0.29) is 161 Å². The van der Waals surface area contributed by atoms with E-state index in [1.54, 1.807) is 66.7 Å². The maximum absolute atomic E-state index is 14.0. The van der Waals surface area contributed by atoms with Crippen molar-refractivity contribution in [3.05, 3.63) is 296 Å². The molecule has 10 aromatic carbocycles. The summed E-state index contributed by atoms with van der Waals surface area (Å²) in [6, 6.07) is -0.0266. The molecule has 20 heterocycles. The van der Waals surface area contributed by atoms with Crippen LogP contribution in [0, 0.1) is 0 Å². The second kappa shape index (κ2) is 33.9. The number of piperazine rings is 5. The minimum absolute atomic E-state index is 0.00758. The van der Waals surface area contributed by atoms with E-state index in [0.717, 1.165) is 29.4 Å². The van der Waals surface area contributed by atoms with Gasteiger partial charge in [0.25, 0.3) is 0 Å². The third-order valence-corrected chi connectivity index (χ3v) is 26.4. The third kappa shape index (κ3) is 14.2. The van der Waals surface area contributed by atoms with E-state index in [1.165, 1.54) is 86.5 Å². The van der Waals surface area contributed by atoms with E-state index in [2.05, 4.69) is 24.9 Å². The number of para-hydroxylation sites is 5. The largest absolute Gasteiger partial charge is 0.454 e. The van der Waals surface area contributed by atoms with Gasteiger partial charge in [-0.2, -0.15) is 0 Å². The summed E-state index contributed by atoms with van der Waals surface area (Å²) in [4.78, 5) is 157. The highest BCUT2D eigenvalue weighted by molar-refractivity contribution is 6.03. The van der Waals surface area contributed by atoms with Crippen LogP contribution in [0.1, 0.15) is 169 Å². The quantitative estimate of drug-likeness (QED) is 0.107. The molecule has 0 saturated carbocycles. The van der Waals surface area contributed by atoms with Crippen LogP contribution in [0.5, 0.6) is 57.5 Å². The molecule has 15 aromatic rings. The van der Waals surface area contributed by atoms with Gasteiger partial charge in [-0.05, 0) is 147 Å². The lowest BCUT2D eigenvalue weighted by atomic mass is 9.86. The number of likely N-dealkylation sites (N-methyl/N-ethyl adjacent to an activating group) is 5. The van der Waals surface area contributed by atoms with Crippen LogP contribution in [0.15, 0.2) is 212 Å². The van der Waals surface area contributed by atoms with Gasteiger partial charge in [0.2, 0.25) is 92.9 Å². The third-order valence-electron chi connectivity index (χ3n) is 26.4. The summed E-state index contributed by atoms with van der Waals surface area (Å²) >= 11 is 0. The van der Waals surface area contributed by atoms with Crippen LogP contribution in [-0.2, 0) is 79.9 Å². The molecule has 10 amide bonds. The van der Waals surface area contributed by atoms with Crippen LogP contribution in [0.4, 0.5) is 0 Å². The number of hydrogen-bond donors (Lipinski definition) is 5. The lowest BCUT2D eigenvalue weighted by molar-refractivity contribution is -0.157. The van der Waals surface area contributed by atoms with Gasteiger partial charge >= 0.3 is 0 Å². The number of amides is 10. The van der Waals surface area contributed by atoms with Crippen LogP contribution in [0.2, 0.25) is 0 Å². The zero-order chi connectivity index (χ0) is 134. The smallest absolute Gasteiger partial charge is 0.245 e. The summed E-state index contributed by atoms with van der Waals surface area (Å²) < 4.78 is 394. The van der Waals surface area contributed by atoms with Crippen molar-refractivity contribution in [3.63, 3.8) is 0 Å². The summed E-state index contributed by atoms with van der Waals surface area (Å²) in [5, 5.41) is 0.348. The highest BCUT2D eigenvalue weighted by atomic mass is 16.7. The zero-order valence-corrected chi connectivity index (χ0v) is 75.4. The van der Waals surface area contributed by atoms with Crippen LogP contribution in [-0.4, -0.2) is 265 Å². The average Bonchev–Trinajstić information content (AvgIpc) is 1.53. The highest BCUT2D eigenvalue weighted by Crippen LogP contribution is 2.53. The van der Waals surface area contributed by atoms with Crippen LogP contribution in [0.25, 0.3) is 54.5 Å². The van der Waals surface area contributed by atoms with Gasteiger partial charge in [0.05, 0.1) is 94.3 Å². The van der Waals surface area contributed by atoms with Crippen molar-refractivity contribution >= 4 is 114 Å². The summed E-state index contributed by atoms with van der Waals surface area (Å²) in [6.07, 6.45) is -10.8. The Hall–Kier alpha value is -17.4. The summed E-state index contributed by atoms with van der Waals surface area (Å²) in [5.41, 5.74) is -1.04. The molecule has 30 rings (SSSR count). The van der Waals surface area contributed by atoms with Gasteiger partial charge in [-0.3, -0.25) is 47.9 Å². The zero-order valence-electron chi connectivity index (χ0n) is 115. The average molecular weight is 1990 g/mol. The van der Waals surface area contributed by atoms with Crippen molar-refractivity contribution < 1.29 is 150 Å². The lowest BCUT2D eigenvalue weighted by Gasteiger charge is -2.46. The second-order valence-corrected chi connectivity index (χ2v) is 34.8. The fraction of sp³-hybridized carbons (Fsp3) is 0.273. The van der Waals surface area contributed by atoms with Crippen molar-refractivity contribution in [1.29, 1.82) is 0 Å². The molecular formula is C110H95N15O20. The van der Waals surface area contributed by atoms with Gasteiger partial charge in [0.1, 0.15) is 38.4 Å². The number of H-pyrrole nitrogens is 5. The highest BCUT2D eigenvalue weighted by Gasteiger charge is 2.55. The number of rotatable bonds is 5. The molecule has 35 nitrogen and oxygen atoms in total. The molecule has 5 aromatic heterocycles. The molecule has 5 fully saturated rings. The van der Waals surface area contributed by atoms with E-state index < -0.39 is 310 Å². The van der Waals surface area contributed by atoms with E-state index >= 15 is 0 Å². The first-order valence-electron chi connectivity index (χ1n) is 64.6. The van der Waals surface area contributed by atoms with Crippen LogP contribution in [0.3, 0.4) is 0 Å². The Bertz CT molecular complexity index is 10400. The molecule has 0 radical (unpaired) electrons. The summed E-state index contributed by atoms with van der Waals surface area (Å²) in [5.74, 6) is -8.65. The minimum Gasteiger partial charge on any atom is -0.454 e. The molecule has 10 atom stereocenters. The number of carbonyl (C=O) groups excluding carboxylic acids is 10. The molecule has 0 spiro atoms. The van der Waals surface area contributed by atoms with Crippen molar-refractivity contribution in [1.82, 2.24) is 73.9 Å². The van der Waals surface area contributed by atoms with E-state index in [4.69, 9.17) is 94.0 Å². The van der Waals surface area contributed by atoms with Gasteiger partial charge < -0.3 is 121 Å². The predicted molar refractivity (Wildman–Crippen MR) is 523 cm³/mol. The maximum Gasteiger partial charge on any atom is 0.245 e. The fourth-order valence-corrected chi connectivity index (χ4v) is 19.8. The van der Waals surface area contributed by atoms with E-state index in [1.807, 2.05) is 6.07 Å². The Morgan fingerprint density at radius 1 is 0.303 bits per heavy atom. The van der Waals surface area contributed by atoms with E-state index in [9.17, 15) is 56.2 Å². The summed E-state index contributed by atoms with van der Waals surface area (Å²) in [6.45, 7) is -16.5. The molecule has 5 N–H and O–H groups in total. The first kappa shape index (κ1) is 55.1. The molecule has 5 saturated heterocycles. The standard InChI is InChI=1S/5C22H19N3O4/c5*1-24-10-19(26)25-16(22(24)27)9-14-13-4-2-3-5-15(13)23-20(14)21(25)12-6-7-17-18(8-12)29-11-28-17/h5*2-8,16,21,23H,9-11H2,1H3/t5*16-,21-/m11111/s1/i1D3,2D,3D,4D,5D,6D,7D,8D,10D2,11D2,16D,21D;2D,3D,4D,5D,9D2,11D2,21D;2D,3D,4D,5D,9D2,21D;9D2,11D2,21D;9D2,21D. The Morgan fingerprint density at radius 3 is 1.02 bits per heavy atom. The Kier molecular flexibility index (Phi) is 12.9. The summed E-state index contributed by atoms with van der Waals surface area (Å²) in [7, 11) is 5.62. The normalized spacial score (nSPS) is 32.7. The van der Waals surface area contributed by atoms with Crippen molar-refractivity contribution in [2.45, 2.75) is 92.2 Å². The van der Waals surface area contributed by atoms with Crippen molar-refractivity contribution in [2.24, 2.45) is 0 Å². The molecule has 0 aliphatic carbocycles. The van der Waals surface area contributed by atoms with Gasteiger partial charge in [-0.1, -0.05) is 121 Å². The molecule has 35 heteroatoms. The first-order chi connectivity index (χ1) is 86.1. The first-order valence-corrected chi connectivity index (χ1v) is 44.6.